The molecule has 0 aromatic heterocycles. The molecule has 3 heteroatoms. The monoisotopic (exact) mass is 428 g/mol. The predicted molar refractivity (Wildman–Crippen MR) is 125 cm³/mol. The highest BCUT2D eigenvalue weighted by molar-refractivity contribution is 5.91. The second-order valence-electron chi connectivity index (χ2n) is 12.2. The largest absolute Gasteiger partial charge is 0.396 e. The lowest BCUT2D eigenvalue weighted by Gasteiger charge is -2.44. The van der Waals surface area contributed by atoms with Gasteiger partial charge in [0.2, 0.25) is 0 Å². The molecule has 0 amide bonds. The van der Waals surface area contributed by atoms with Crippen molar-refractivity contribution in [1.82, 2.24) is 0 Å². The van der Waals surface area contributed by atoms with Crippen LogP contribution in [0.25, 0.3) is 0 Å². The van der Waals surface area contributed by atoms with Crippen molar-refractivity contribution in [3.63, 3.8) is 0 Å². The fourth-order valence-corrected chi connectivity index (χ4v) is 7.73. The molecule has 31 heavy (non-hydrogen) atoms. The highest BCUT2D eigenvalue weighted by atomic mass is 16.3. The van der Waals surface area contributed by atoms with Crippen molar-refractivity contribution in [1.29, 1.82) is 0 Å². The Morgan fingerprint density at radius 2 is 1.90 bits per heavy atom. The maximum atomic E-state index is 12.6. The highest BCUT2D eigenvalue weighted by Gasteiger charge is 2.66. The van der Waals surface area contributed by atoms with Crippen LogP contribution in [0.1, 0.15) is 86.0 Å². The molecule has 4 aliphatic rings. The molecule has 0 aromatic rings. The minimum atomic E-state index is -0.684. The SMILES string of the molecule is C[C@H](/C=C/[C@H](C)C(C)(C)O)[C@H]1CC[C@H]2/C(=C/[C@@H](CO)[C@]34C[C@H]3CCC4=O)CCC[C@]12C. The molecule has 0 spiro atoms. The van der Waals surface area contributed by atoms with Crippen LogP contribution in [0.3, 0.4) is 0 Å². The van der Waals surface area contributed by atoms with E-state index in [4.69, 9.17) is 0 Å². The first-order chi connectivity index (χ1) is 14.5. The van der Waals surface area contributed by atoms with Crippen LogP contribution in [-0.4, -0.2) is 28.2 Å². The average molecular weight is 429 g/mol. The number of allylic oxidation sites excluding steroid dienone is 2. The smallest absolute Gasteiger partial charge is 0.140 e. The average Bonchev–Trinajstić information content (AvgIpc) is 3.21. The van der Waals surface area contributed by atoms with Crippen molar-refractivity contribution in [3.8, 4) is 0 Å². The van der Waals surface area contributed by atoms with Crippen LogP contribution < -0.4 is 0 Å². The van der Waals surface area contributed by atoms with Crippen LogP contribution in [0.2, 0.25) is 0 Å². The Kier molecular flexibility index (Phi) is 6.10. The van der Waals surface area contributed by atoms with Gasteiger partial charge in [-0.2, -0.15) is 0 Å². The molecular formula is C28H44O3. The van der Waals surface area contributed by atoms with Gasteiger partial charge in [0.15, 0.2) is 0 Å². The van der Waals surface area contributed by atoms with Gasteiger partial charge in [-0.1, -0.05) is 44.6 Å². The Balaban J connectivity index is 1.52. The third kappa shape index (κ3) is 3.88. The van der Waals surface area contributed by atoms with Gasteiger partial charge in [-0.25, -0.2) is 0 Å². The van der Waals surface area contributed by atoms with E-state index in [2.05, 4.69) is 39.0 Å². The zero-order valence-corrected chi connectivity index (χ0v) is 20.4. The second-order valence-corrected chi connectivity index (χ2v) is 12.2. The maximum Gasteiger partial charge on any atom is 0.140 e. The molecule has 0 unspecified atom stereocenters. The van der Waals surface area contributed by atoms with Gasteiger partial charge in [-0.3, -0.25) is 4.79 Å². The highest BCUT2D eigenvalue weighted by Crippen LogP contribution is 2.67. The third-order valence-corrected chi connectivity index (χ3v) is 10.2. The van der Waals surface area contributed by atoms with Crippen molar-refractivity contribution in [2.75, 3.05) is 6.61 Å². The van der Waals surface area contributed by atoms with Gasteiger partial charge >= 0.3 is 0 Å². The number of hydrogen-bond acceptors (Lipinski definition) is 3. The number of ketones is 1. The predicted octanol–water partition coefficient (Wildman–Crippen LogP) is 5.71. The number of rotatable bonds is 7. The molecule has 8 atom stereocenters. The molecule has 2 N–H and O–H groups in total. The molecule has 4 saturated carbocycles. The topological polar surface area (TPSA) is 57.5 Å². The normalized spacial score (nSPS) is 42.0. The van der Waals surface area contributed by atoms with Crippen LogP contribution in [0.15, 0.2) is 23.8 Å². The zero-order valence-electron chi connectivity index (χ0n) is 20.4. The minimum Gasteiger partial charge on any atom is -0.396 e. The van der Waals surface area contributed by atoms with E-state index in [1.807, 2.05) is 13.8 Å². The molecule has 0 bridgehead atoms. The zero-order chi connectivity index (χ0) is 22.6. The van der Waals surface area contributed by atoms with Gasteiger partial charge in [-0.15, -0.1) is 0 Å². The number of carbonyl (C=O) groups is 1. The van der Waals surface area contributed by atoms with Crippen LogP contribution in [-0.2, 0) is 4.79 Å². The molecule has 0 heterocycles. The molecule has 3 nitrogen and oxygen atoms in total. The van der Waals surface area contributed by atoms with E-state index >= 15 is 0 Å². The van der Waals surface area contributed by atoms with E-state index in [0.717, 1.165) is 25.7 Å². The van der Waals surface area contributed by atoms with Gasteiger partial charge in [0.25, 0.3) is 0 Å². The minimum absolute atomic E-state index is 0.0360. The first-order valence-electron chi connectivity index (χ1n) is 12.8. The van der Waals surface area contributed by atoms with E-state index in [-0.39, 0.29) is 23.9 Å². The fourth-order valence-electron chi connectivity index (χ4n) is 7.73. The fraction of sp³-hybridized carbons (Fsp3) is 0.821. The summed E-state index contributed by atoms with van der Waals surface area (Å²) in [5, 5.41) is 20.5. The molecule has 0 aromatic carbocycles. The first kappa shape index (κ1) is 23.2. The maximum absolute atomic E-state index is 12.6. The number of aliphatic hydroxyl groups is 2. The Labute approximate surface area is 189 Å². The van der Waals surface area contributed by atoms with Crippen molar-refractivity contribution >= 4 is 5.78 Å². The van der Waals surface area contributed by atoms with Gasteiger partial charge in [0.05, 0.1) is 12.2 Å². The number of Topliss-reactive ketones (excluding diaryl/α,β-unsaturated/α-hetero) is 1. The van der Waals surface area contributed by atoms with E-state index in [1.165, 1.54) is 31.3 Å². The second kappa shape index (κ2) is 8.13. The molecule has 174 valence electrons. The summed E-state index contributed by atoms with van der Waals surface area (Å²) < 4.78 is 0. The number of aliphatic hydroxyl groups excluding tert-OH is 1. The first-order valence-corrected chi connectivity index (χ1v) is 12.8. The Morgan fingerprint density at radius 1 is 1.16 bits per heavy atom. The van der Waals surface area contributed by atoms with Gasteiger partial charge < -0.3 is 10.2 Å². The summed E-state index contributed by atoms with van der Waals surface area (Å²) in [6, 6.07) is 0. The van der Waals surface area contributed by atoms with E-state index in [1.54, 1.807) is 0 Å². The Hall–Kier alpha value is -0.930. The van der Waals surface area contributed by atoms with Gasteiger partial charge in [0.1, 0.15) is 5.78 Å². The lowest BCUT2D eigenvalue weighted by atomic mass is 9.60. The summed E-state index contributed by atoms with van der Waals surface area (Å²) in [4.78, 5) is 12.6. The summed E-state index contributed by atoms with van der Waals surface area (Å²) in [6.45, 7) is 10.8. The third-order valence-electron chi connectivity index (χ3n) is 10.2. The lowest BCUT2D eigenvalue weighted by Crippen LogP contribution is -2.36. The molecule has 4 rings (SSSR count). The lowest BCUT2D eigenvalue weighted by molar-refractivity contribution is -0.124. The quantitative estimate of drug-likeness (QED) is 0.511. The molecule has 4 aliphatic carbocycles. The van der Waals surface area contributed by atoms with Crippen molar-refractivity contribution in [2.45, 2.75) is 91.6 Å². The van der Waals surface area contributed by atoms with Crippen LogP contribution >= 0.6 is 0 Å². The molecule has 0 radical (unpaired) electrons. The van der Waals surface area contributed by atoms with Gasteiger partial charge in [-0.05, 0) is 87.9 Å². The molecule has 4 fully saturated rings. The Morgan fingerprint density at radius 3 is 2.48 bits per heavy atom. The van der Waals surface area contributed by atoms with Crippen LogP contribution in [0.5, 0.6) is 0 Å². The Bertz CT molecular complexity index is 759. The van der Waals surface area contributed by atoms with E-state index in [0.29, 0.717) is 34.9 Å². The molecule has 0 aliphatic heterocycles. The summed E-state index contributed by atoms with van der Waals surface area (Å²) in [5.74, 6) is 2.86. The molecule has 0 saturated heterocycles. The standard InChI is InChI=1S/C28H44O3/c1-18(8-9-19(2)26(3,4)31)23-11-12-24-20(7-6-14-27(23,24)5)15-22(17-29)28-16-21(28)10-13-25(28)30/h8-9,15,18-19,21-24,29,31H,6-7,10-14,16-17H2,1-5H3/b9-8+,20-15+/t18-,19+,21-,22+,23-,24+,27-,28+/m1/s1. The van der Waals surface area contributed by atoms with E-state index < -0.39 is 5.60 Å². The van der Waals surface area contributed by atoms with Gasteiger partial charge in [0, 0.05) is 23.7 Å². The van der Waals surface area contributed by atoms with Crippen molar-refractivity contribution in [3.05, 3.63) is 23.8 Å². The van der Waals surface area contributed by atoms with E-state index in [9.17, 15) is 15.0 Å². The summed E-state index contributed by atoms with van der Waals surface area (Å²) in [5.41, 5.74) is 0.940. The number of fused-ring (bicyclic) bond motifs is 2. The molecular weight excluding hydrogens is 384 g/mol. The number of carbonyl (C=O) groups excluding carboxylic acids is 1. The number of hydrogen-bond donors (Lipinski definition) is 2. The summed E-state index contributed by atoms with van der Waals surface area (Å²) >= 11 is 0. The van der Waals surface area contributed by atoms with Crippen molar-refractivity contribution in [2.24, 2.45) is 46.3 Å². The van der Waals surface area contributed by atoms with Crippen molar-refractivity contribution < 1.29 is 15.0 Å². The summed E-state index contributed by atoms with van der Waals surface area (Å²) in [7, 11) is 0. The van der Waals surface area contributed by atoms with Crippen LogP contribution in [0.4, 0.5) is 0 Å². The summed E-state index contributed by atoms with van der Waals surface area (Å²) in [6.07, 6.45) is 15.8. The van der Waals surface area contributed by atoms with Crippen LogP contribution in [0, 0.1) is 46.3 Å².